The third-order valence-electron chi connectivity index (χ3n) is 2.11. The third kappa shape index (κ3) is 4.29. The lowest BCUT2D eigenvalue weighted by Crippen LogP contribution is -2.03. The lowest BCUT2D eigenvalue weighted by molar-refractivity contribution is 0.108. The van der Waals surface area contributed by atoms with E-state index in [9.17, 15) is 4.79 Å². The second-order valence-electron chi connectivity index (χ2n) is 3.95. The van der Waals surface area contributed by atoms with Gasteiger partial charge in [0.2, 0.25) is 0 Å². The van der Waals surface area contributed by atoms with E-state index in [0.717, 1.165) is 15.7 Å². The van der Waals surface area contributed by atoms with Crippen molar-refractivity contribution in [2.75, 3.05) is 6.61 Å². The number of carbonyl (C=O) groups is 1. The molecule has 0 radical (unpaired) electrons. The molecule has 1 rings (SSSR count). The summed E-state index contributed by atoms with van der Waals surface area (Å²) in [7, 11) is 0. The summed E-state index contributed by atoms with van der Waals surface area (Å²) in [5.74, 6) is 1.34. The molecule has 0 aliphatic carbocycles. The molecule has 16 heavy (non-hydrogen) atoms. The molecule has 0 spiro atoms. The van der Waals surface area contributed by atoms with Gasteiger partial charge in [0, 0.05) is 5.56 Å². The van der Waals surface area contributed by atoms with Crippen LogP contribution in [-0.2, 0) is 0 Å². The summed E-state index contributed by atoms with van der Waals surface area (Å²) in [6.07, 6.45) is 0.995. The van der Waals surface area contributed by atoms with E-state index in [1.807, 2.05) is 6.07 Å². The van der Waals surface area contributed by atoms with Gasteiger partial charge in [0.25, 0.3) is 5.24 Å². The zero-order valence-corrected chi connectivity index (χ0v) is 12.2. The van der Waals surface area contributed by atoms with Crippen LogP contribution in [0.3, 0.4) is 0 Å². The zero-order valence-electron chi connectivity index (χ0n) is 9.30. The minimum Gasteiger partial charge on any atom is -0.492 e. The van der Waals surface area contributed by atoms with Crippen molar-refractivity contribution in [2.24, 2.45) is 5.92 Å². The Labute approximate surface area is 114 Å². The number of ether oxygens (including phenoxy) is 1. The molecule has 0 saturated carbocycles. The second-order valence-corrected chi connectivity index (χ2v) is 5.46. The summed E-state index contributed by atoms with van der Waals surface area (Å²) in [4.78, 5) is 11.0. The Morgan fingerprint density at radius 2 is 2.19 bits per heavy atom. The van der Waals surface area contributed by atoms with Gasteiger partial charge in [-0.15, -0.1) is 0 Å². The van der Waals surface area contributed by atoms with Gasteiger partial charge >= 0.3 is 0 Å². The topological polar surface area (TPSA) is 26.3 Å². The van der Waals surface area contributed by atoms with Crippen molar-refractivity contribution in [1.82, 2.24) is 0 Å². The Morgan fingerprint density at radius 1 is 1.50 bits per heavy atom. The number of benzene rings is 1. The van der Waals surface area contributed by atoms with Crippen LogP contribution in [-0.4, -0.2) is 11.8 Å². The van der Waals surface area contributed by atoms with Crippen LogP contribution in [0.5, 0.6) is 5.75 Å². The van der Waals surface area contributed by atoms with E-state index in [-0.39, 0.29) is 0 Å². The first-order chi connectivity index (χ1) is 7.50. The minimum absolute atomic E-state index is 0.454. The summed E-state index contributed by atoms with van der Waals surface area (Å²) in [5, 5.41) is -0.454. The highest BCUT2D eigenvalue weighted by Crippen LogP contribution is 2.23. The lowest BCUT2D eigenvalue weighted by Gasteiger charge is -2.10. The van der Waals surface area contributed by atoms with Crippen molar-refractivity contribution >= 4 is 39.4 Å². The third-order valence-corrected chi connectivity index (χ3v) is 3.22. The Kier molecular flexibility index (Phi) is 5.55. The molecule has 0 aliphatic heterocycles. The van der Waals surface area contributed by atoms with Gasteiger partial charge in [-0.2, -0.15) is 0 Å². The number of hydrogen-bond donors (Lipinski definition) is 0. The van der Waals surface area contributed by atoms with Crippen molar-refractivity contribution < 1.29 is 9.53 Å². The minimum atomic E-state index is -0.454. The van der Waals surface area contributed by atoms with Crippen LogP contribution in [0.1, 0.15) is 30.6 Å². The van der Waals surface area contributed by atoms with Gasteiger partial charge < -0.3 is 4.74 Å². The highest BCUT2D eigenvalue weighted by Gasteiger charge is 2.07. The molecule has 88 valence electrons. The molecule has 0 saturated heterocycles. The summed E-state index contributed by atoms with van der Waals surface area (Å²) in [6, 6.07) is 5.23. The van der Waals surface area contributed by atoms with Crippen LogP contribution in [0.4, 0.5) is 0 Å². The first kappa shape index (κ1) is 13.8. The van der Waals surface area contributed by atoms with Crippen LogP contribution < -0.4 is 4.74 Å². The molecule has 0 unspecified atom stereocenters. The average Bonchev–Trinajstić information content (AvgIpc) is 2.20. The Balaban J connectivity index is 2.70. The number of carbonyl (C=O) groups excluding carboxylic acids is 1. The van der Waals surface area contributed by atoms with Gasteiger partial charge in [0.1, 0.15) is 5.75 Å². The zero-order chi connectivity index (χ0) is 12.1. The van der Waals surface area contributed by atoms with Crippen LogP contribution in [0.2, 0.25) is 0 Å². The predicted molar refractivity (Wildman–Crippen MR) is 74.3 cm³/mol. The van der Waals surface area contributed by atoms with Crippen molar-refractivity contribution in [3.05, 3.63) is 27.3 Å². The first-order valence-corrected chi connectivity index (χ1v) is 6.58. The van der Waals surface area contributed by atoms with Gasteiger partial charge in [-0.25, -0.2) is 0 Å². The molecule has 2 nitrogen and oxygen atoms in total. The molecule has 1 aromatic carbocycles. The van der Waals surface area contributed by atoms with Crippen LogP contribution in [0, 0.1) is 9.49 Å². The van der Waals surface area contributed by atoms with E-state index < -0.39 is 5.24 Å². The fraction of sp³-hybridized carbons (Fsp3) is 0.417. The number of rotatable bonds is 5. The van der Waals surface area contributed by atoms with E-state index in [0.29, 0.717) is 18.1 Å². The smallest absolute Gasteiger partial charge is 0.252 e. The largest absolute Gasteiger partial charge is 0.492 e. The molecule has 0 aromatic heterocycles. The quantitative estimate of drug-likeness (QED) is 0.589. The number of hydrogen-bond acceptors (Lipinski definition) is 2. The van der Waals surface area contributed by atoms with Crippen molar-refractivity contribution in [1.29, 1.82) is 0 Å². The molecule has 1 aromatic rings. The fourth-order valence-electron chi connectivity index (χ4n) is 1.14. The maximum atomic E-state index is 11.0. The van der Waals surface area contributed by atoms with E-state index in [4.69, 9.17) is 16.3 Å². The van der Waals surface area contributed by atoms with Gasteiger partial charge in [-0.1, -0.05) is 13.8 Å². The van der Waals surface area contributed by atoms with E-state index in [1.165, 1.54) is 0 Å². The maximum Gasteiger partial charge on any atom is 0.252 e. The Hall–Kier alpha value is -0.290. The normalized spacial score (nSPS) is 10.6. The van der Waals surface area contributed by atoms with Crippen LogP contribution in [0.15, 0.2) is 18.2 Å². The standard InChI is InChI=1S/C12H14ClIO2/c1-8(2)5-6-16-11-7-9(12(13)15)3-4-10(11)14/h3-4,7-8H,5-6H2,1-2H3. The molecule has 4 heteroatoms. The SMILES string of the molecule is CC(C)CCOc1cc(C(=O)Cl)ccc1I. The van der Waals surface area contributed by atoms with E-state index in [1.54, 1.807) is 12.1 Å². The van der Waals surface area contributed by atoms with Gasteiger partial charge in [0.05, 0.1) is 10.2 Å². The average molecular weight is 353 g/mol. The Bertz CT molecular complexity index is 377. The molecule has 0 amide bonds. The van der Waals surface area contributed by atoms with Gasteiger partial charge in [0.15, 0.2) is 0 Å². The molecule has 0 N–H and O–H groups in total. The van der Waals surface area contributed by atoms with Crippen molar-refractivity contribution in [2.45, 2.75) is 20.3 Å². The van der Waals surface area contributed by atoms with E-state index >= 15 is 0 Å². The highest BCUT2D eigenvalue weighted by atomic mass is 127. The van der Waals surface area contributed by atoms with E-state index in [2.05, 4.69) is 36.4 Å². The summed E-state index contributed by atoms with van der Waals surface area (Å²) >= 11 is 7.59. The summed E-state index contributed by atoms with van der Waals surface area (Å²) in [6.45, 7) is 4.95. The fourth-order valence-corrected chi connectivity index (χ4v) is 1.75. The number of halogens is 2. The molecular weight excluding hydrogens is 338 g/mol. The van der Waals surface area contributed by atoms with Crippen molar-refractivity contribution in [3.63, 3.8) is 0 Å². The highest BCUT2D eigenvalue weighted by molar-refractivity contribution is 14.1. The predicted octanol–water partition coefficient (Wildman–Crippen LogP) is 4.10. The lowest BCUT2D eigenvalue weighted by atomic mass is 10.1. The van der Waals surface area contributed by atoms with Crippen LogP contribution in [0.25, 0.3) is 0 Å². The molecule has 0 heterocycles. The molecule has 0 fully saturated rings. The molecule has 0 aliphatic rings. The molecular formula is C12H14ClIO2. The van der Waals surface area contributed by atoms with Gasteiger partial charge in [-0.3, -0.25) is 4.79 Å². The maximum absolute atomic E-state index is 11.0. The van der Waals surface area contributed by atoms with Crippen LogP contribution >= 0.6 is 34.2 Å². The summed E-state index contributed by atoms with van der Waals surface area (Å²) < 4.78 is 6.61. The monoisotopic (exact) mass is 352 g/mol. The molecule has 0 bridgehead atoms. The van der Waals surface area contributed by atoms with Gasteiger partial charge in [-0.05, 0) is 64.7 Å². The summed E-state index contributed by atoms with van der Waals surface area (Å²) in [5.41, 5.74) is 0.474. The first-order valence-electron chi connectivity index (χ1n) is 5.13. The Morgan fingerprint density at radius 3 is 2.75 bits per heavy atom. The molecule has 0 atom stereocenters. The van der Waals surface area contributed by atoms with Crippen molar-refractivity contribution in [3.8, 4) is 5.75 Å². The second kappa shape index (κ2) is 6.45.